The lowest BCUT2D eigenvalue weighted by atomic mass is 10.3. The summed E-state index contributed by atoms with van der Waals surface area (Å²) in [5.74, 6) is -1.38. The lowest BCUT2D eigenvalue weighted by molar-refractivity contribution is 0.461. The third-order valence-corrected chi connectivity index (χ3v) is 3.75. The fraction of sp³-hybridized carbons (Fsp3) is 0. The maximum atomic E-state index is 13.2. The number of rotatable bonds is 4. The summed E-state index contributed by atoms with van der Waals surface area (Å²) >= 11 is 1.38. The number of nitrogen functional groups attached to an aromatic ring is 1. The molecule has 7 heteroatoms. The zero-order valence-electron chi connectivity index (χ0n) is 11.7. The molecule has 23 heavy (non-hydrogen) atoms. The Labute approximate surface area is 135 Å². The number of benzene rings is 1. The van der Waals surface area contributed by atoms with E-state index in [1.54, 1.807) is 18.5 Å². The fourth-order valence-corrected chi connectivity index (χ4v) is 2.54. The Morgan fingerprint density at radius 2 is 1.87 bits per heavy atom. The van der Waals surface area contributed by atoms with Gasteiger partial charge in [0.1, 0.15) is 10.8 Å². The van der Waals surface area contributed by atoms with Crippen LogP contribution in [0, 0.1) is 11.6 Å². The Bertz CT molecular complexity index is 831. The van der Waals surface area contributed by atoms with E-state index >= 15 is 0 Å². The molecule has 0 saturated heterocycles. The molecule has 0 fully saturated rings. The molecule has 116 valence electrons. The minimum Gasteiger partial charge on any atom is -0.453 e. The second-order valence-electron chi connectivity index (χ2n) is 4.50. The highest BCUT2D eigenvalue weighted by molar-refractivity contribution is 7.99. The van der Waals surface area contributed by atoms with E-state index in [-0.39, 0.29) is 17.3 Å². The van der Waals surface area contributed by atoms with Crippen LogP contribution in [0.1, 0.15) is 0 Å². The number of pyridine rings is 2. The summed E-state index contributed by atoms with van der Waals surface area (Å²) in [5.41, 5.74) is 5.77. The smallest absolute Gasteiger partial charge is 0.170 e. The summed E-state index contributed by atoms with van der Waals surface area (Å²) in [6, 6.07) is 10.5. The molecule has 0 aliphatic heterocycles. The zero-order valence-corrected chi connectivity index (χ0v) is 12.6. The van der Waals surface area contributed by atoms with Gasteiger partial charge in [0.05, 0.1) is 0 Å². The molecule has 2 N–H and O–H groups in total. The average Bonchev–Trinajstić information content (AvgIpc) is 2.55. The lowest BCUT2D eigenvalue weighted by Crippen LogP contribution is -1.96. The van der Waals surface area contributed by atoms with Gasteiger partial charge < -0.3 is 10.5 Å². The zero-order chi connectivity index (χ0) is 16.2. The van der Waals surface area contributed by atoms with Crippen LogP contribution in [-0.2, 0) is 0 Å². The number of nitrogens with two attached hydrogens (primary N) is 1. The molecular weight excluding hydrogens is 320 g/mol. The molecular formula is C16H11F2N3OS. The predicted molar refractivity (Wildman–Crippen MR) is 83.4 cm³/mol. The number of anilines is 1. The van der Waals surface area contributed by atoms with Crippen LogP contribution < -0.4 is 10.5 Å². The van der Waals surface area contributed by atoms with Gasteiger partial charge in [-0.05, 0) is 24.3 Å². The molecule has 1 aromatic carbocycles. The van der Waals surface area contributed by atoms with Crippen LogP contribution in [0.2, 0.25) is 0 Å². The van der Waals surface area contributed by atoms with E-state index in [0.29, 0.717) is 0 Å². The summed E-state index contributed by atoms with van der Waals surface area (Å²) in [6.07, 6.45) is 3.28. The van der Waals surface area contributed by atoms with Crippen LogP contribution in [0.3, 0.4) is 0 Å². The van der Waals surface area contributed by atoms with Crippen molar-refractivity contribution in [1.82, 2.24) is 9.97 Å². The molecule has 0 atom stereocenters. The van der Waals surface area contributed by atoms with E-state index in [2.05, 4.69) is 9.97 Å². The van der Waals surface area contributed by atoms with Gasteiger partial charge in [-0.2, -0.15) is 0 Å². The molecule has 0 bridgehead atoms. The van der Waals surface area contributed by atoms with Gasteiger partial charge >= 0.3 is 0 Å². The van der Waals surface area contributed by atoms with Gasteiger partial charge in [0, 0.05) is 29.4 Å². The van der Waals surface area contributed by atoms with E-state index in [0.717, 1.165) is 22.1 Å². The minimum atomic E-state index is -0.993. The van der Waals surface area contributed by atoms with Crippen molar-refractivity contribution < 1.29 is 13.5 Å². The molecule has 0 aliphatic rings. The normalized spacial score (nSPS) is 10.5. The molecule has 0 amide bonds. The van der Waals surface area contributed by atoms with Crippen LogP contribution in [0.15, 0.2) is 64.8 Å². The van der Waals surface area contributed by atoms with E-state index < -0.39 is 11.6 Å². The van der Waals surface area contributed by atoms with Crippen molar-refractivity contribution in [2.24, 2.45) is 0 Å². The molecule has 0 saturated carbocycles. The summed E-state index contributed by atoms with van der Waals surface area (Å²) in [4.78, 5) is 9.01. The minimum absolute atomic E-state index is 0.136. The molecule has 3 rings (SSSR count). The number of ether oxygens (including phenoxy) is 1. The Hall–Kier alpha value is -2.67. The quantitative estimate of drug-likeness (QED) is 0.773. The SMILES string of the molecule is Nc1ncc(Sc2ccccn2)cc1Oc1ccc(F)c(F)c1. The first kappa shape index (κ1) is 15.2. The summed E-state index contributed by atoms with van der Waals surface area (Å²) in [5, 5.41) is 0.790. The number of hydrogen-bond acceptors (Lipinski definition) is 5. The molecule has 2 heterocycles. The number of hydrogen-bond donors (Lipinski definition) is 1. The maximum Gasteiger partial charge on any atom is 0.170 e. The maximum absolute atomic E-state index is 13.2. The summed E-state index contributed by atoms with van der Waals surface area (Å²) in [7, 11) is 0. The highest BCUT2D eigenvalue weighted by Crippen LogP contribution is 2.33. The molecule has 0 radical (unpaired) electrons. The number of halogens is 2. The van der Waals surface area contributed by atoms with Crippen molar-refractivity contribution in [3.8, 4) is 11.5 Å². The highest BCUT2D eigenvalue weighted by Gasteiger charge is 2.09. The first-order valence-electron chi connectivity index (χ1n) is 6.59. The Morgan fingerprint density at radius 1 is 1.00 bits per heavy atom. The molecule has 2 aromatic heterocycles. The van der Waals surface area contributed by atoms with Crippen molar-refractivity contribution >= 4 is 17.6 Å². The van der Waals surface area contributed by atoms with Crippen LogP contribution in [0.5, 0.6) is 11.5 Å². The average molecular weight is 331 g/mol. The van der Waals surface area contributed by atoms with Gasteiger partial charge in [-0.1, -0.05) is 17.8 Å². The van der Waals surface area contributed by atoms with Gasteiger partial charge in [0.15, 0.2) is 23.2 Å². The molecule has 0 aliphatic carbocycles. The Morgan fingerprint density at radius 3 is 2.61 bits per heavy atom. The van der Waals surface area contributed by atoms with Crippen molar-refractivity contribution in [2.45, 2.75) is 9.92 Å². The van der Waals surface area contributed by atoms with Crippen LogP contribution >= 0.6 is 11.8 Å². The monoisotopic (exact) mass is 331 g/mol. The fourth-order valence-electron chi connectivity index (χ4n) is 1.77. The lowest BCUT2D eigenvalue weighted by Gasteiger charge is -2.09. The van der Waals surface area contributed by atoms with Crippen LogP contribution in [0.25, 0.3) is 0 Å². The van der Waals surface area contributed by atoms with E-state index in [4.69, 9.17) is 10.5 Å². The first-order valence-corrected chi connectivity index (χ1v) is 7.41. The van der Waals surface area contributed by atoms with Crippen molar-refractivity contribution in [2.75, 3.05) is 5.73 Å². The van der Waals surface area contributed by atoms with Gasteiger partial charge in [-0.15, -0.1) is 0 Å². The van der Waals surface area contributed by atoms with E-state index in [9.17, 15) is 8.78 Å². The van der Waals surface area contributed by atoms with E-state index in [1.807, 2.05) is 18.2 Å². The largest absolute Gasteiger partial charge is 0.453 e. The first-order chi connectivity index (χ1) is 11.1. The van der Waals surface area contributed by atoms with Crippen molar-refractivity contribution in [1.29, 1.82) is 0 Å². The number of nitrogens with zero attached hydrogens (tertiary/aromatic N) is 2. The van der Waals surface area contributed by atoms with Gasteiger partial charge in [0.25, 0.3) is 0 Å². The van der Waals surface area contributed by atoms with E-state index in [1.165, 1.54) is 17.8 Å². The predicted octanol–water partition coefficient (Wildman–Crippen LogP) is 4.28. The molecule has 4 nitrogen and oxygen atoms in total. The molecule has 3 aromatic rings. The topological polar surface area (TPSA) is 61.0 Å². The van der Waals surface area contributed by atoms with Gasteiger partial charge in [-0.25, -0.2) is 18.7 Å². The second kappa shape index (κ2) is 6.62. The van der Waals surface area contributed by atoms with Gasteiger partial charge in [0.2, 0.25) is 0 Å². The van der Waals surface area contributed by atoms with Crippen molar-refractivity contribution in [3.63, 3.8) is 0 Å². The highest BCUT2D eigenvalue weighted by atomic mass is 32.2. The van der Waals surface area contributed by atoms with Gasteiger partial charge in [-0.3, -0.25) is 0 Å². The third-order valence-electron chi connectivity index (χ3n) is 2.84. The summed E-state index contributed by atoms with van der Waals surface area (Å²) < 4.78 is 31.7. The second-order valence-corrected chi connectivity index (χ2v) is 5.60. The Kier molecular flexibility index (Phi) is 4.38. The van der Waals surface area contributed by atoms with Crippen molar-refractivity contribution in [3.05, 3.63) is 66.5 Å². The number of aromatic nitrogens is 2. The van der Waals surface area contributed by atoms with Crippen LogP contribution in [-0.4, -0.2) is 9.97 Å². The molecule has 0 unspecified atom stereocenters. The third kappa shape index (κ3) is 3.75. The Balaban J connectivity index is 1.84. The molecule has 0 spiro atoms. The summed E-state index contributed by atoms with van der Waals surface area (Å²) in [6.45, 7) is 0. The van der Waals surface area contributed by atoms with Crippen LogP contribution in [0.4, 0.5) is 14.6 Å². The standard InChI is InChI=1S/C16H11F2N3OS/c17-12-5-4-10(7-13(12)18)22-14-8-11(9-21-16(14)19)23-15-3-1-2-6-20-15/h1-9H,(H2,19,21).